The molecule has 1 amide bonds. The van der Waals surface area contributed by atoms with E-state index in [0.29, 0.717) is 66.6 Å². The van der Waals surface area contributed by atoms with E-state index in [1.807, 2.05) is 36.2 Å². The molecule has 0 aromatic heterocycles. The predicted molar refractivity (Wildman–Crippen MR) is 200 cm³/mol. The number of aliphatic hydroxyl groups excluding tert-OH is 3. The number of nitrogens with one attached hydrogen (secondary N) is 1. The van der Waals surface area contributed by atoms with Gasteiger partial charge in [0.2, 0.25) is 5.91 Å². The number of hydrogen-bond acceptors (Lipinski definition) is 16. The quantitative estimate of drug-likeness (QED) is 0.0405. The van der Waals surface area contributed by atoms with Crippen LogP contribution in [0.3, 0.4) is 0 Å². The largest absolute Gasteiger partial charge is 0.494 e. The summed E-state index contributed by atoms with van der Waals surface area (Å²) in [6.07, 6.45) is 0.125. The SMILES string of the molecule is C#CCOC[C@H]1O[C@@H](OCCCNC(=O)CCCN(C)c2ccc(N=Nc3cc(OC)c(/N=N/c4ccc([N+](=O)[O-])cc4)cc3OC)cc2)[C@H](O)[C@@H](O)[C@@H]1O. The highest BCUT2D eigenvalue weighted by Gasteiger charge is 2.44. The lowest BCUT2D eigenvalue weighted by Crippen LogP contribution is -2.59. The van der Waals surface area contributed by atoms with E-state index >= 15 is 0 Å². The molecule has 0 bridgehead atoms. The number of rotatable bonds is 20. The van der Waals surface area contributed by atoms with Crippen LogP contribution in [0.1, 0.15) is 19.3 Å². The minimum atomic E-state index is -1.48. The molecule has 5 atom stereocenters. The Morgan fingerprint density at radius 3 is 2.09 bits per heavy atom. The number of anilines is 1. The van der Waals surface area contributed by atoms with Gasteiger partial charge in [-0.2, -0.15) is 10.2 Å². The summed E-state index contributed by atoms with van der Waals surface area (Å²) < 4.78 is 27.2. The average Bonchev–Trinajstić information content (AvgIpc) is 3.19. The molecule has 18 heteroatoms. The monoisotopic (exact) mass is 763 g/mol. The lowest BCUT2D eigenvalue weighted by atomic mass is 9.99. The van der Waals surface area contributed by atoms with Crippen LogP contribution in [-0.2, 0) is 19.0 Å². The van der Waals surface area contributed by atoms with E-state index in [9.17, 15) is 30.2 Å². The van der Waals surface area contributed by atoms with Crippen molar-refractivity contribution in [3.05, 3.63) is 70.8 Å². The first-order chi connectivity index (χ1) is 26.5. The van der Waals surface area contributed by atoms with Crippen molar-refractivity contribution in [1.29, 1.82) is 0 Å². The number of methoxy groups -OCH3 is 2. The molecule has 4 rings (SSSR count). The third-order valence-corrected chi connectivity index (χ3v) is 8.34. The van der Waals surface area contributed by atoms with Crippen LogP contribution < -0.4 is 19.7 Å². The topological polar surface area (TPSA) is 232 Å². The summed E-state index contributed by atoms with van der Waals surface area (Å²) in [6.45, 7) is 1.03. The number of nitrogens with zero attached hydrogens (tertiary/aromatic N) is 6. The summed E-state index contributed by atoms with van der Waals surface area (Å²) in [5.41, 5.74) is 2.65. The summed E-state index contributed by atoms with van der Waals surface area (Å²) in [5.74, 6) is 2.93. The highest BCUT2D eigenvalue weighted by molar-refractivity contribution is 5.75. The third-order valence-electron chi connectivity index (χ3n) is 8.34. The molecule has 3 aromatic rings. The van der Waals surface area contributed by atoms with Crippen molar-refractivity contribution < 1.29 is 48.7 Å². The highest BCUT2D eigenvalue weighted by atomic mass is 16.7. The van der Waals surface area contributed by atoms with Gasteiger partial charge in [-0.05, 0) is 49.2 Å². The van der Waals surface area contributed by atoms with Crippen LogP contribution in [0.25, 0.3) is 0 Å². The number of nitro benzene ring substituents is 1. The summed E-state index contributed by atoms with van der Waals surface area (Å²) in [4.78, 5) is 24.8. The van der Waals surface area contributed by atoms with Crippen molar-refractivity contribution in [3.63, 3.8) is 0 Å². The van der Waals surface area contributed by atoms with Gasteiger partial charge in [0.05, 0.1) is 43.7 Å². The fourth-order valence-electron chi connectivity index (χ4n) is 5.28. The second-order valence-electron chi connectivity index (χ2n) is 12.2. The minimum Gasteiger partial charge on any atom is -0.494 e. The van der Waals surface area contributed by atoms with Crippen LogP contribution in [0.4, 0.5) is 34.1 Å². The second-order valence-corrected chi connectivity index (χ2v) is 12.2. The van der Waals surface area contributed by atoms with Crippen LogP contribution >= 0.6 is 0 Å². The molecule has 3 aromatic carbocycles. The third kappa shape index (κ3) is 12.5. The number of carbonyl (C=O) groups is 1. The van der Waals surface area contributed by atoms with Crippen molar-refractivity contribution in [1.82, 2.24) is 5.32 Å². The molecule has 1 heterocycles. The van der Waals surface area contributed by atoms with Gasteiger partial charge in [0.25, 0.3) is 5.69 Å². The molecule has 1 aliphatic rings. The molecule has 294 valence electrons. The van der Waals surface area contributed by atoms with Crippen molar-refractivity contribution in [2.75, 3.05) is 59.1 Å². The summed E-state index contributed by atoms with van der Waals surface area (Å²) >= 11 is 0. The van der Waals surface area contributed by atoms with Gasteiger partial charge in [-0.15, -0.1) is 16.7 Å². The number of benzene rings is 3. The van der Waals surface area contributed by atoms with Gasteiger partial charge in [0.1, 0.15) is 53.9 Å². The first kappa shape index (κ1) is 42.2. The molecule has 1 aliphatic heterocycles. The normalized spacial score (nSPS) is 19.6. The second kappa shape index (κ2) is 21.4. The molecule has 55 heavy (non-hydrogen) atoms. The van der Waals surface area contributed by atoms with Crippen molar-refractivity contribution >= 4 is 40.0 Å². The summed E-state index contributed by atoms with van der Waals surface area (Å²) in [6, 6.07) is 16.3. The van der Waals surface area contributed by atoms with E-state index in [1.165, 1.54) is 38.5 Å². The number of aliphatic hydroxyl groups is 3. The molecule has 0 radical (unpaired) electrons. The predicted octanol–water partition coefficient (Wildman–Crippen LogP) is 4.64. The van der Waals surface area contributed by atoms with E-state index in [1.54, 1.807) is 12.1 Å². The van der Waals surface area contributed by atoms with Crippen molar-refractivity contribution in [2.45, 2.75) is 50.0 Å². The number of amides is 1. The van der Waals surface area contributed by atoms with Crippen LogP contribution in [0.2, 0.25) is 0 Å². The fraction of sp³-hybridized carbons (Fsp3) is 0.432. The van der Waals surface area contributed by atoms with Crippen LogP contribution in [0, 0.1) is 22.5 Å². The van der Waals surface area contributed by atoms with Gasteiger partial charge < -0.3 is 49.2 Å². The lowest BCUT2D eigenvalue weighted by Gasteiger charge is -2.40. The van der Waals surface area contributed by atoms with Crippen LogP contribution in [-0.4, -0.2) is 111 Å². The molecular weight excluding hydrogens is 718 g/mol. The van der Waals surface area contributed by atoms with E-state index in [-0.39, 0.29) is 31.4 Å². The molecule has 1 saturated heterocycles. The Kier molecular flexibility index (Phi) is 16.4. The van der Waals surface area contributed by atoms with Crippen LogP contribution in [0.15, 0.2) is 81.1 Å². The van der Waals surface area contributed by atoms with Gasteiger partial charge in [-0.1, -0.05) is 5.92 Å². The zero-order valence-electron chi connectivity index (χ0n) is 30.7. The van der Waals surface area contributed by atoms with Gasteiger partial charge in [-0.3, -0.25) is 14.9 Å². The minimum absolute atomic E-state index is 0.00817. The molecular formula is C37H45N7O11. The average molecular weight is 764 g/mol. The number of azo groups is 2. The standard InChI is InChI=1S/C37H45N7O11/c1-5-19-53-23-32-34(46)35(47)36(48)37(55-32)54-20-7-17-38-33(45)8-6-18-43(2)26-13-9-24(10-14-26)39-41-28-21-31(52-4)29(22-30(28)51-3)42-40-25-11-15-27(16-12-25)44(49)50/h1,9-16,21-22,32,34-37,46-48H,6-8,17-20,23H2,2-4H3,(H,38,45)/b41-39?,42-40+/t32-,34-,35+,36-,37-/m1/s1. The van der Waals surface area contributed by atoms with Crippen molar-refractivity contribution in [2.24, 2.45) is 20.5 Å². The maximum absolute atomic E-state index is 12.4. The van der Waals surface area contributed by atoms with Gasteiger partial charge in [-0.25, -0.2) is 0 Å². The number of non-ortho nitro benzene ring substituents is 1. The number of terminal acetylenes is 1. The zero-order valence-corrected chi connectivity index (χ0v) is 30.7. The zero-order chi connectivity index (χ0) is 39.7. The Morgan fingerprint density at radius 1 is 0.927 bits per heavy atom. The van der Waals surface area contributed by atoms with E-state index in [0.717, 1.165) is 5.69 Å². The number of hydrogen-bond donors (Lipinski definition) is 4. The fourth-order valence-corrected chi connectivity index (χ4v) is 5.28. The molecule has 18 nitrogen and oxygen atoms in total. The maximum Gasteiger partial charge on any atom is 0.269 e. The summed E-state index contributed by atoms with van der Waals surface area (Å²) in [5, 5.41) is 61.2. The smallest absolute Gasteiger partial charge is 0.269 e. The van der Waals surface area contributed by atoms with Gasteiger partial charge in [0.15, 0.2) is 6.29 Å². The Labute approximate surface area is 317 Å². The Balaban J connectivity index is 1.19. The number of nitro groups is 1. The lowest BCUT2D eigenvalue weighted by molar-refractivity contribution is -0.384. The summed E-state index contributed by atoms with van der Waals surface area (Å²) in [7, 11) is 4.89. The van der Waals surface area contributed by atoms with E-state index < -0.39 is 35.6 Å². The van der Waals surface area contributed by atoms with Gasteiger partial charge in [0, 0.05) is 56.5 Å². The Bertz CT molecular complexity index is 1800. The molecule has 4 N–H and O–H groups in total. The molecule has 0 unspecified atom stereocenters. The molecule has 0 aliphatic carbocycles. The Hall–Kier alpha value is -5.55. The van der Waals surface area contributed by atoms with Gasteiger partial charge >= 0.3 is 0 Å². The molecule has 1 fully saturated rings. The maximum atomic E-state index is 12.4. The number of ether oxygens (including phenoxy) is 5. The van der Waals surface area contributed by atoms with E-state index in [4.69, 9.17) is 30.1 Å². The highest BCUT2D eigenvalue weighted by Crippen LogP contribution is 2.41. The molecule has 0 saturated carbocycles. The van der Waals surface area contributed by atoms with Crippen molar-refractivity contribution in [3.8, 4) is 23.8 Å². The first-order valence-electron chi connectivity index (χ1n) is 17.3. The Morgan fingerprint density at radius 2 is 1.53 bits per heavy atom. The first-order valence-corrected chi connectivity index (χ1v) is 17.3. The molecule has 0 spiro atoms. The van der Waals surface area contributed by atoms with E-state index in [2.05, 4.69) is 31.7 Å². The number of carbonyl (C=O) groups excluding carboxylic acids is 1. The van der Waals surface area contributed by atoms with Crippen LogP contribution in [0.5, 0.6) is 11.5 Å².